The maximum absolute atomic E-state index is 9.16. The lowest BCUT2D eigenvalue weighted by molar-refractivity contribution is 0.240. The van der Waals surface area contributed by atoms with Crippen molar-refractivity contribution in [3.05, 3.63) is 34.9 Å². The molecule has 0 unspecified atom stereocenters. The summed E-state index contributed by atoms with van der Waals surface area (Å²) >= 11 is 0. The summed E-state index contributed by atoms with van der Waals surface area (Å²) < 4.78 is 0. The maximum atomic E-state index is 9.16. The number of nitrogens with one attached hydrogen (secondary N) is 1. The Labute approximate surface area is 83.0 Å². The third-order valence-electron chi connectivity index (χ3n) is 2.66. The van der Waals surface area contributed by atoms with Crippen molar-refractivity contribution in [2.75, 3.05) is 13.2 Å². The molecule has 72 valence electrons. The van der Waals surface area contributed by atoms with Crippen LogP contribution in [0.5, 0.6) is 0 Å². The normalized spacial score (nSPS) is 19.9. The third kappa shape index (κ3) is 1.39. The van der Waals surface area contributed by atoms with Gasteiger partial charge in [0.05, 0.1) is 24.3 Å². The van der Waals surface area contributed by atoms with Gasteiger partial charge in [0.2, 0.25) is 0 Å². The minimum Gasteiger partial charge on any atom is -0.394 e. The van der Waals surface area contributed by atoms with Crippen molar-refractivity contribution in [2.45, 2.75) is 12.5 Å². The predicted octanol–water partition coefficient (Wildman–Crippen LogP) is 0.737. The van der Waals surface area contributed by atoms with E-state index in [9.17, 15) is 0 Å². The van der Waals surface area contributed by atoms with Crippen LogP contribution in [0, 0.1) is 11.3 Å². The van der Waals surface area contributed by atoms with Crippen LogP contribution in [0.4, 0.5) is 0 Å². The van der Waals surface area contributed by atoms with Crippen LogP contribution in [-0.4, -0.2) is 18.3 Å². The molecule has 0 fully saturated rings. The second-order valence-corrected chi connectivity index (χ2v) is 3.42. The molecule has 14 heavy (non-hydrogen) atoms. The van der Waals surface area contributed by atoms with Gasteiger partial charge in [-0.2, -0.15) is 5.26 Å². The number of aliphatic hydroxyl groups excluding tert-OH is 1. The molecular formula is C11H12N2O. The molecule has 0 saturated heterocycles. The summed E-state index contributed by atoms with van der Waals surface area (Å²) in [5, 5.41) is 21.3. The zero-order chi connectivity index (χ0) is 9.97. The van der Waals surface area contributed by atoms with E-state index in [1.807, 2.05) is 18.2 Å². The number of rotatable bonds is 1. The topological polar surface area (TPSA) is 56.0 Å². The number of benzene rings is 1. The first kappa shape index (κ1) is 9.20. The van der Waals surface area contributed by atoms with Gasteiger partial charge in [0.25, 0.3) is 0 Å². The van der Waals surface area contributed by atoms with Crippen LogP contribution in [0.25, 0.3) is 0 Å². The first-order valence-electron chi connectivity index (χ1n) is 4.73. The van der Waals surface area contributed by atoms with E-state index in [0.29, 0.717) is 0 Å². The van der Waals surface area contributed by atoms with Crippen molar-refractivity contribution >= 4 is 0 Å². The second-order valence-electron chi connectivity index (χ2n) is 3.42. The molecular weight excluding hydrogens is 176 g/mol. The zero-order valence-corrected chi connectivity index (χ0v) is 7.83. The van der Waals surface area contributed by atoms with Gasteiger partial charge in [0, 0.05) is 0 Å². The highest BCUT2D eigenvalue weighted by Gasteiger charge is 2.20. The fourth-order valence-corrected chi connectivity index (χ4v) is 1.96. The fourth-order valence-electron chi connectivity index (χ4n) is 1.96. The fraction of sp³-hybridized carbons (Fsp3) is 0.364. The third-order valence-corrected chi connectivity index (χ3v) is 2.66. The average molecular weight is 188 g/mol. The molecule has 2 rings (SSSR count). The Morgan fingerprint density at radius 1 is 1.57 bits per heavy atom. The van der Waals surface area contributed by atoms with Crippen molar-refractivity contribution in [1.29, 1.82) is 5.26 Å². The molecule has 0 aromatic heterocycles. The van der Waals surface area contributed by atoms with Gasteiger partial charge < -0.3 is 10.4 Å². The molecule has 3 heteroatoms. The lowest BCUT2D eigenvalue weighted by Gasteiger charge is -2.25. The summed E-state index contributed by atoms with van der Waals surface area (Å²) in [7, 11) is 0. The Hall–Kier alpha value is -1.37. The molecule has 0 amide bonds. The minimum absolute atomic E-state index is 0.00736. The number of nitrogens with zero attached hydrogens (tertiary/aromatic N) is 1. The van der Waals surface area contributed by atoms with Crippen LogP contribution in [0.15, 0.2) is 18.2 Å². The van der Waals surface area contributed by atoms with E-state index in [1.54, 1.807) is 0 Å². The van der Waals surface area contributed by atoms with Crippen LogP contribution in [0.1, 0.15) is 22.7 Å². The molecule has 3 nitrogen and oxygen atoms in total. The Bertz CT molecular complexity index is 381. The van der Waals surface area contributed by atoms with Crippen LogP contribution in [-0.2, 0) is 6.42 Å². The van der Waals surface area contributed by atoms with Gasteiger partial charge in [0.15, 0.2) is 0 Å². The van der Waals surface area contributed by atoms with Gasteiger partial charge in [-0.15, -0.1) is 0 Å². The summed E-state index contributed by atoms with van der Waals surface area (Å²) in [5.74, 6) is 0. The Morgan fingerprint density at radius 2 is 2.43 bits per heavy atom. The van der Waals surface area contributed by atoms with Gasteiger partial charge in [-0.3, -0.25) is 0 Å². The predicted molar refractivity (Wildman–Crippen MR) is 52.7 cm³/mol. The minimum atomic E-state index is -0.00736. The summed E-state index contributed by atoms with van der Waals surface area (Å²) in [6.07, 6.45) is 0.871. The van der Waals surface area contributed by atoms with Crippen molar-refractivity contribution in [3.63, 3.8) is 0 Å². The number of hydrogen-bond donors (Lipinski definition) is 2. The van der Waals surface area contributed by atoms with Gasteiger partial charge >= 0.3 is 0 Å². The van der Waals surface area contributed by atoms with E-state index in [1.165, 1.54) is 0 Å². The molecule has 0 spiro atoms. The lowest BCUT2D eigenvalue weighted by atomic mass is 9.91. The van der Waals surface area contributed by atoms with Gasteiger partial charge in [0.1, 0.15) is 0 Å². The summed E-state index contributed by atoms with van der Waals surface area (Å²) in [5.41, 5.74) is 2.90. The van der Waals surface area contributed by atoms with Crippen molar-refractivity contribution in [2.24, 2.45) is 0 Å². The first-order chi connectivity index (χ1) is 6.86. The zero-order valence-electron chi connectivity index (χ0n) is 7.83. The standard InChI is InChI=1S/C11H12N2O/c12-6-8-2-1-3-10-9(8)4-5-13-11(10)7-14/h1-3,11,13-14H,4-5,7H2/t11-/m1/s1. The van der Waals surface area contributed by atoms with Crippen molar-refractivity contribution < 1.29 is 5.11 Å². The quantitative estimate of drug-likeness (QED) is 0.683. The van der Waals surface area contributed by atoms with E-state index >= 15 is 0 Å². The van der Waals surface area contributed by atoms with Gasteiger partial charge in [-0.05, 0) is 30.2 Å². The monoisotopic (exact) mass is 188 g/mol. The summed E-state index contributed by atoms with van der Waals surface area (Å²) in [4.78, 5) is 0. The number of hydrogen-bond acceptors (Lipinski definition) is 3. The van der Waals surface area contributed by atoms with Gasteiger partial charge in [-0.1, -0.05) is 12.1 Å². The Morgan fingerprint density at radius 3 is 3.14 bits per heavy atom. The lowest BCUT2D eigenvalue weighted by Crippen LogP contribution is -2.32. The summed E-state index contributed by atoms with van der Waals surface area (Å²) in [6.45, 7) is 0.915. The van der Waals surface area contributed by atoms with Crippen LogP contribution < -0.4 is 5.32 Å². The SMILES string of the molecule is N#Cc1cccc2c1CCN[C@@H]2CO. The van der Waals surface area contributed by atoms with E-state index in [-0.39, 0.29) is 12.6 Å². The molecule has 1 heterocycles. The van der Waals surface area contributed by atoms with Crippen molar-refractivity contribution in [3.8, 4) is 6.07 Å². The van der Waals surface area contributed by atoms with Crippen LogP contribution >= 0.6 is 0 Å². The number of fused-ring (bicyclic) bond motifs is 1. The molecule has 1 aromatic carbocycles. The van der Waals surface area contributed by atoms with E-state index in [2.05, 4.69) is 11.4 Å². The van der Waals surface area contributed by atoms with E-state index in [0.717, 1.165) is 29.7 Å². The van der Waals surface area contributed by atoms with E-state index < -0.39 is 0 Å². The van der Waals surface area contributed by atoms with Crippen molar-refractivity contribution in [1.82, 2.24) is 5.32 Å². The largest absolute Gasteiger partial charge is 0.394 e. The van der Waals surface area contributed by atoms with Crippen LogP contribution in [0.3, 0.4) is 0 Å². The Kier molecular flexibility index (Phi) is 2.49. The molecule has 2 N–H and O–H groups in total. The molecule has 0 radical (unpaired) electrons. The molecule has 1 aliphatic rings. The highest BCUT2D eigenvalue weighted by molar-refractivity contribution is 5.45. The second kappa shape index (κ2) is 3.79. The number of nitriles is 1. The molecule has 1 atom stereocenters. The molecule has 0 saturated carbocycles. The average Bonchev–Trinajstić information content (AvgIpc) is 2.27. The van der Waals surface area contributed by atoms with E-state index in [4.69, 9.17) is 10.4 Å². The summed E-state index contributed by atoms with van der Waals surface area (Å²) in [6, 6.07) is 7.86. The number of aliphatic hydroxyl groups is 1. The van der Waals surface area contributed by atoms with Crippen LogP contribution in [0.2, 0.25) is 0 Å². The Balaban J connectivity index is 2.50. The highest BCUT2D eigenvalue weighted by atomic mass is 16.3. The molecule has 1 aliphatic heterocycles. The molecule has 0 aliphatic carbocycles. The highest BCUT2D eigenvalue weighted by Crippen LogP contribution is 2.24. The first-order valence-corrected chi connectivity index (χ1v) is 4.73. The molecule has 1 aromatic rings. The maximum Gasteiger partial charge on any atom is 0.0994 e. The van der Waals surface area contributed by atoms with Gasteiger partial charge in [-0.25, -0.2) is 0 Å². The molecule has 0 bridgehead atoms. The smallest absolute Gasteiger partial charge is 0.0994 e.